The molecule has 0 spiro atoms. The van der Waals surface area contributed by atoms with E-state index in [0.717, 1.165) is 25.2 Å². The molecule has 0 aromatic carbocycles. The van der Waals surface area contributed by atoms with E-state index in [-0.39, 0.29) is 5.91 Å². The predicted molar refractivity (Wildman–Crippen MR) is 95.9 cm³/mol. The van der Waals surface area contributed by atoms with Crippen molar-refractivity contribution in [2.75, 3.05) is 13.1 Å². The van der Waals surface area contributed by atoms with Gasteiger partial charge in [-0.15, -0.1) is 0 Å². The van der Waals surface area contributed by atoms with Gasteiger partial charge in [0.1, 0.15) is 5.69 Å². The Morgan fingerprint density at radius 2 is 2.23 bits per heavy atom. The Labute approximate surface area is 151 Å². The molecule has 7 heteroatoms. The highest BCUT2D eigenvalue weighted by Crippen LogP contribution is 2.21. The van der Waals surface area contributed by atoms with Gasteiger partial charge in [0.2, 0.25) is 0 Å². The smallest absolute Gasteiger partial charge is 0.257 e. The van der Waals surface area contributed by atoms with Crippen LogP contribution in [0.5, 0.6) is 0 Å². The van der Waals surface area contributed by atoms with Gasteiger partial charge in [-0.1, -0.05) is 6.92 Å². The van der Waals surface area contributed by atoms with Crippen LogP contribution in [0.15, 0.2) is 41.3 Å². The van der Waals surface area contributed by atoms with Crippen LogP contribution in [0.1, 0.15) is 35.8 Å². The molecule has 4 heterocycles. The molecule has 1 aliphatic heterocycles. The highest BCUT2D eigenvalue weighted by molar-refractivity contribution is 5.95. The Hall–Kier alpha value is -2.96. The summed E-state index contributed by atoms with van der Waals surface area (Å²) < 4.78 is 7.00. The number of aromatic nitrogens is 4. The van der Waals surface area contributed by atoms with Gasteiger partial charge in [-0.3, -0.25) is 4.79 Å². The molecule has 134 valence electrons. The number of rotatable bonds is 3. The summed E-state index contributed by atoms with van der Waals surface area (Å²) in [5, 5.41) is 4.36. The molecule has 0 N–H and O–H groups in total. The van der Waals surface area contributed by atoms with E-state index in [1.807, 2.05) is 24.0 Å². The molecule has 0 aliphatic carbocycles. The third-order valence-electron chi connectivity index (χ3n) is 4.79. The van der Waals surface area contributed by atoms with Crippen molar-refractivity contribution in [2.45, 2.75) is 26.7 Å². The summed E-state index contributed by atoms with van der Waals surface area (Å²) in [5.41, 5.74) is 2.02. The number of carbonyl (C=O) groups is 1. The molecule has 1 unspecified atom stereocenters. The normalized spacial score (nSPS) is 17.5. The summed E-state index contributed by atoms with van der Waals surface area (Å²) in [4.78, 5) is 23.6. The van der Waals surface area contributed by atoms with Crippen LogP contribution < -0.4 is 0 Å². The highest BCUT2D eigenvalue weighted by atomic mass is 16.3. The van der Waals surface area contributed by atoms with E-state index >= 15 is 0 Å². The van der Waals surface area contributed by atoms with Crippen molar-refractivity contribution in [3.63, 3.8) is 0 Å². The van der Waals surface area contributed by atoms with Crippen molar-refractivity contribution < 1.29 is 9.21 Å². The Kier molecular flexibility index (Phi) is 4.28. The lowest BCUT2D eigenvalue weighted by atomic mass is 9.99. The van der Waals surface area contributed by atoms with E-state index in [4.69, 9.17) is 4.42 Å². The summed E-state index contributed by atoms with van der Waals surface area (Å²) in [6.45, 7) is 5.66. The molecular weight excluding hydrogens is 330 g/mol. The van der Waals surface area contributed by atoms with Crippen molar-refractivity contribution in [3.05, 3.63) is 48.1 Å². The zero-order chi connectivity index (χ0) is 18.1. The van der Waals surface area contributed by atoms with E-state index in [1.54, 1.807) is 29.4 Å². The van der Waals surface area contributed by atoms with Crippen LogP contribution in [0, 0.1) is 12.8 Å². The first-order chi connectivity index (χ1) is 12.6. The molecule has 1 atom stereocenters. The second-order valence-electron chi connectivity index (χ2n) is 6.77. The molecule has 3 aromatic rings. The Bertz CT molecular complexity index is 916. The number of carbonyl (C=O) groups excluding carboxylic acids is 1. The van der Waals surface area contributed by atoms with Crippen LogP contribution in [0.3, 0.4) is 0 Å². The van der Waals surface area contributed by atoms with Crippen molar-refractivity contribution >= 4 is 5.91 Å². The number of furan rings is 1. The summed E-state index contributed by atoms with van der Waals surface area (Å²) in [6.07, 6.45) is 7.10. The molecule has 4 rings (SSSR count). The molecule has 26 heavy (non-hydrogen) atoms. The van der Waals surface area contributed by atoms with Gasteiger partial charge in [-0.05, 0) is 43.9 Å². The Morgan fingerprint density at radius 1 is 1.35 bits per heavy atom. The largest absolute Gasteiger partial charge is 0.463 e. The lowest BCUT2D eigenvalue weighted by Gasteiger charge is -2.30. The second-order valence-corrected chi connectivity index (χ2v) is 6.77. The van der Waals surface area contributed by atoms with Gasteiger partial charge in [-0.2, -0.15) is 5.10 Å². The zero-order valence-corrected chi connectivity index (χ0v) is 14.9. The predicted octanol–water partition coefficient (Wildman–Crippen LogP) is 3.10. The fraction of sp³-hybridized carbons (Fsp3) is 0.368. The molecule has 1 fully saturated rings. The van der Waals surface area contributed by atoms with Crippen molar-refractivity contribution in [1.29, 1.82) is 0 Å². The first-order valence-electron chi connectivity index (χ1n) is 8.84. The topological polar surface area (TPSA) is 77.0 Å². The minimum atomic E-state index is 0.0301. The minimum Gasteiger partial charge on any atom is -0.463 e. The van der Waals surface area contributed by atoms with Crippen LogP contribution in [-0.4, -0.2) is 43.6 Å². The summed E-state index contributed by atoms with van der Waals surface area (Å²) in [7, 11) is 0. The van der Waals surface area contributed by atoms with Gasteiger partial charge in [0, 0.05) is 19.3 Å². The average molecular weight is 351 g/mol. The summed E-state index contributed by atoms with van der Waals surface area (Å²) in [6, 6.07) is 5.43. The Balaban J connectivity index is 1.63. The average Bonchev–Trinajstić information content (AvgIpc) is 3.31. The van der Waals surface area contributed by atoms with Crippen molar-refractivity contribution in [1.82, 2.24) is 24.6 Å². The third-order valence-corrected chi connectivity index (χ3v) is 4.79. The number of hydrogen-bond donors (Lipinski definition) is 0. The summed E-state index contributed by atoms with van der Waals surface area (Å²) in [5.74, 6) is 1.65. The fourth-order valence-electron chi connectivity index (χ4n) is 3.38. The maximum atomic E-state index is 12.9. The maximum Gasteiger partial charge on any atom is 0.257 e. The van der Waals surface area contributed by atoms with Crippen LogP contribution >= 0.6 is 0 Å². The van der Waals surface area contributed by atoms with Gasteiger partial charge in [0.15, 0.2) is 5.76 Å². The summed E-state index contributed by atoms with van der Waals surface area (Å²) >= 11 is 0. The number of amides is 1. The molecule has 0 bridgehead atoms. The van der Waals surface area contributed by atoms with Crippen LogP contribution in [0.4, 0.5) is 0 Å². The number of likely N-dealkylation sites (tertiary alicyclic amines) is 1. The van der Waals surface area contributed by atoms with Crippen LogP contribution in [0.25, 0.3) is 17.4 Å². The van der Waals surface area contributed by atoms with Crippen molar-refractivity contribution in [2.24, 2.45) is 5.92 Å². The standard InChI is InChI=1S/C19H21N5O2/c1-13-5-3-9-23(12-13)18(25)15-11-21-24(14(15)2)19-20-8-7-16(22-19)17-6-4-10-26-17/h4,6-8,10-11,13H,3,5,9,12H2,1-2H3. The number of hydrogen-bond acceptors (Lipinski definition) is 5. The Morgan fingerprint density at radius 3 is 3.00 bits per heavy atom. The molecular formula is C19H21N5O2. The van der Waals surface area contributed by atoms with E-state index in [0.29, 0.717) is 28.9 Å². The lowest BCUT2D eigenvalue weighted by molar-refractivity contribution is 0.0682. The first kappa shape index (κ1) is 16.5. The molecule has 1 aliphatic rings. The van der Waals surface area contributed by atoms with Gasteiger partial charge in [0.05, 0.1) is 23.7 Å². The second kappa shape index (κ2) is 6.74. The molecule has 0 saturated carbocycles. The maximum absolute atomic E-state index is 12.9. The van der Waals surface area contributed by atoms with E-state index in [9.17, 15) is 4.79 Å². The molecule has 1 amide bonds. The number of nitrogens with zero attached hydrogens (tertiary/aromatic N) is 5. The monoisotopic (exact) mass is 351 g/mol. The lowest BCUT2D eigenvalue weighted by Crippen LogP contribution is -2.39. The zero-order valence-electron chi connectivity index (χ0n) is 14.9. The van der Waals surface area contributed by atoms with Gasteiger partial charge in [0.25, 0.3) is 11.9 Å². The SMILES string of the molecule is Cc1c(C(=O)N2CCCC(C)C2)cnn1-c1nccc(-c2ccco2)n1. The van der Waals surface area contributed by atoms with E-state index in [1.165, 1.54) is 6.42 Å². The molecule has 1 saturated heterocycles. The van der Waals surface area contributed by atoms with E-state index in [2.05, 4.69) is 22.0 Å². The first-order valence-corrected chi connectivity index (χ1v) is 8.84. The van der Waals surface area contributed by atoms with Gasteiger partial charge >= 0.3 is 0 Å². The fourth-order valence-corrected chi connectivity index (χ4v) is 3.38. The van der Waals surface area contributed by atoms with Gasteiger partial charge in [-0.25, -0.2) is 14.6 Å². The molecule has 0 radical (unpaired) electrons. The minimum absolute atomic E-state index is 0.0301. The van der Waals surface area contributed by atoms with Gasteiger partial charge < -0.3 is 9.32 Å². The molecule has 3 aromatic heterocycles. The highest BCUT2D eigenvalue weighted by Gasteiger charge is 2.25. The number of piperidine rings is 1. The van der Waals surface area contributed by atoms with Crippen LogP contribution in [-0.2, 0) is 0 Å². The molecule has 7 nitrogen and oxygen atoms in total. The quantitative estimate of drug-likeness (QED) is 0.725. The van der Waals surface area contributed by atoms with Crippen LogP contribution in [0.2, 0.25) is 0 Å². The third kappa shape index (κ3) is 3.00. The van der Waals surface area contributed by atoms with Crippen molar-refractivity contribution in [3.8, 4) is 17.4 Å². The van der Waals surface area contributed by atoms with E-state index < -0.39 is 0 Å².